The molecular weight excluding hydrogens is 408 g/mol. The van der Waals surface area contributed by atoms with Crippen LogP contribution in [0, 0.1) is 6.92 Å². The molecule has 5 rings (SSSR count). The number of aryl methyl sites for hydroxylation is 1. The van der Waals surface area contributed by atoms with E-state index in [-0.39, 0.29) is 24.0 Å². The highest BCUT2D eigenvalue weighted by Crippen LogP contribution is 2.40. The lowest BCUT2D eigenvalue weighted by atomic mass is 10.1. The SMILES string of the molecule is Cc1cc2c(cc1S(=O)(=O)N1CCCCC1)OCC(=O)N2Cc1noc(C2CC2)n1. The minimum absolute atomic E-state index is 0.156. The number of hydrogen-bond donors (Lipinski definition) is 0. The van der Waals surface area contributed by atoms with Crippen LogP contribution in [0.1, 0.15) is 55.3 Å². The van der Waals surface area contributed by atoms with Gasteiger partial charge in [-0.1, -0.05) is 11.6 Å². The fraction of sp³-hybridized carbons (Fsp3) is 0.550. The third kappa shape index (κ3) is 3.47. The van der Waals surface area contributed by atoms with Crippen LogP contribution in [0.5, 0.6) is 5.75 Å². The van der Waals surface area contributed by atoms with Gasteiger partial charge in [-0.3, -0.25) is 9.69 Å². The van der Waals surface area contributed by atoms with Gasteiger partial charge in [-0.2, -0.15) is 9.29 Å². The number of carbonyl (C=O) groups excluding carboxylic acids is 1. The first-order chi connectivity index (χ1) is 14.4. The summed E-state index contributed by atoms with van der Waals surface area (Å²) in [6.45, 7) is 2.81. The van der Waals surface area contributed by atoms with Crippen LogP contribution in [0.25, 0.3) is 0 Å². The normalized spacial score (nSPS) is 20.2. The van der Waals surface area contributed by atoms with E-state index in [0.29, 0.717) is 47.7 Å². The molecule has 0 N–H and O–H groups in total. The lowest BCUT2D eigenvalue weighted by Crippen LogP contribution is -2.39. The largest absolute Gasteiger partial charge is 0.482 e. The van der Waals surface area contributed by atoms with E-state index >= 15 is 0 Å². The molecule has 30 heavy (non-hydrogen) atoms. The number of sulfonamides is 1. The van der Waals surface area contributed by atoms with E-state index in [1.54, 1.807) is 19.1 Å². The summed E-state index contributed by atoms with van der Waals surface area (Å²) >= 11 is 0. The number of aromatic nitrogens is 2. The highest BCUT2D eigenvalue weighted by atomic mass is 32.2. The molecule has 10 heteroatoms. The van der Waals surface area contributed by atoms with Gasteiger partial charge in [0.15, 0.2) is 12.4 Å². The number of nitrogens with zero attached hydrogens (tertiary/aromatic N) is 4. The van der Waals surface area contributed by atoms with Crippen LogP contribution < -0.4 is 9.64 Å². The van der Waals surface area contributed by atoms with Gasteiger partial charge in [0.1, 0.15) is 5.75 Å². The Morgan fingerprint density at radius 3 is 2.67 bits per heavy atom. The summed E-state index contributed by atoms with van der Waals surface area (Å²) < 4.78 is 38.7. The van der Waals surface area contributed by atoms with Crippen molar-refractivity contribution in [2.45, 2.75) is 56.4 Å². The fourth-order valence-corrected chi connectivity index (χ4v) is 5.74. The molecule has 0 bridgehead atoms. The Kier molecular flexibility index (Phi) is 4.78. The molecule has 1 amide bonds. The van der Waals surface area contributed by atoms with E-state index in [9.17, 15) is 13.2 Å². The van der Waals surface area contributed by atoms with Crippen molar-refractivity contribution < 1.29 is 22.5 Å². The van der Waals surface area contributed by atoms with Crippen LogP contribution in [0.4, 0.5) is 5.69 Å². The third-order valence-electron chi connectivity index (χ3n) is 5.84. The Morgan fingerprint density at radius 1 is 1.17 bits per heavy atom. The van der Waals surface area contributed by atoms with E-state index in [2.05, 4.69) is 10.1 Å². The molecule has 160 valence electrons. The highest BCUT2D eigenvalue weighted by molar-refractivity contribution is 7.89. The molecule has 1 aliphatic carbocycles. The van der Waals surface area contributed by atoms with Crippen LogP contribution in [0.2, 0.25) is 0 Å². The first kappa shape index (κ1) is 19.5. The van der Waals surface area contributed by atoms with E-state index in [1.165, 1.54) is 9.21 Å². The summed E-state index contributed by atoms with van der Waals surface area (Å²) in [4.78, 5) is 18.7. The van der Waals surface area contributed by atoms with Crippen molar-refractivity contribution in [2.75, 3.05) is 24.6 Å². The van der Waals surface area contributed by atoms with Gasteiger partial charge >= 0.3 is 0 Å². The molecule has 2 fully saturated rings. The second-order valence-electron chi connectivity index (χ2n) is 8.14. The zero-order valence-electron chi connectivity index (χ0n) is 16.8. The van der Waals surface area contributed by atoms with Crippen molar-refractivity contribution in [3.8, 4) is 5.75 Å². The molecule has 1 aromatic carbocycles. The van der Waals surface area contributed by atoms with Crippen LogP contribution in [-0.4, -0.2) is 48.5 Å². The van der Waals surface area contributed by atoms with Gasteiger partial charge < -0.3 is 9.26 Å². The minimum atomic E-state index is -3.61. The summed E-state index contributed by atoms with van der Waals surface area (Å²) in [5.74, 6) is 1.53. The molecule has 0 spiro atoms. The molecule has 1 aromatic heterocycles. The maximum atomic E-state index is 13.2. The Morgan fingerprint density at radius 2 is 1.93 bits per heavy atom. The molecule has 1 saturated heterocycles. The Balaban J connectivity index is 1.46. The van der Waals surface area contributed by atoms with Crippen molar-refractivity contribution in [3.05, 3.63) is 29.4 Å². The number of rotatable bonds is 5. The Bertz CT molecular complexity index is 1090. The number of ether oxygens (including phenoxy) is 1. The van der Waals surface area contributed by atoms with Crippen LogP contribution in [0.3, 0.4) is 0 Å². The molecule has 2 aliphatic heterocycles. The first-order valence-electron chi connectivity index (χ1n) is 10.3. The molecule has 1 saturated carbocycles. The zero-order valence-corrected chi connectivity index (χ0v) is 17.7. The second kappa shape index (κ2) is 7.35. The van der Waals surface area contributed by atoms with Crippen LogP contribution in [0.15, 0.2) is 21.6 Å². The number of amides is 1. The number of hydrogen-bond acceptors (Lipinski definition) is 7. The molecule has 0 unspecified atom stereocenters. The lowest BCUT2D eigenvalue weighted by molar-refractivity contribution is -0.121. The predicted octanol–water partition coefficient (Wildman–Crippen LogP) is 2.36. The van der Waals surface area contributed by atoms with Crippen molar-refractivity contribution in [1.82, 2.24) is 14.4 Å². The van der Waals surface area contributed by atoms with Gasteiger partial charge in [0.25, 0.3) is 5.91 Å². The number of fused-ring (bicyclic) bond motifs is 1. The summed E-state index contributed by atoms with van der Waals surface area (Å²) in [6.07, 6.45) is 4.89. The maximum Gasteiger partial charge on any atom is 0.265 e. The van der Waals surface area contributed by atoms with E-state index in [4.69, 9.17) is 9.26 Å². The smallest absolute Gasteiger partial charge is 0.265 e. The number of piperidine rings is 1. The standard InChI is InChI=1S/C20H24N4O5S/c1-13-9-15-16(10-17(13)30(26,27)23-7-3-2-4-8-23)28-12-19(25)24(15)11-18-21-20(29-22-18)14-5-6-14/h9-10,14H,2-8,11-12H2,1H3. The maximum absolute atomic E-state index is 13.2. The van der Waals surface area contributed by atoms with Crippen molar-refractivity contribution in [2.24, 2.45) is 0 Å². The summed E-state index contributed by atoms with van der Waals surface area (Å²) in [7, 11) is -3.61. The molecule has 3 heterocycles. The number of benzene rings is 1. The van der Waals surface area contributed by atoms with Crippen LogP contribution >= 0.6 is 0 Å². The van der Waals surface area contributed by atoms with Gasteiger partial charge in [-0.15, -0.1) is 0 Å². The van der Waals surface area contributed by atoms with E-state index in [0.717, 1.165) is 32.1 Å². The van der Waals surface area contributed by atoms with Crippen LogP contribution in [-0.2, 0) is 21.4 Å². The fourth-order valence-electron chi connectivity index (χ4n) is 4.00. The lowest BCUT2D eigenvalue weighted by Gasteiger charge is -2.31. The summed E-state index contributed by atoms with van der Waals surface area (Å²) in [6, 6.07) is 3.24. The zero-order chi connectivity index (χ0) is 20.9. The Hall–Kier alpha value is -2.46. The van der Waals surface area contributed by atoms with Crippen molar-refractivity contribution in [1.29, 1.82) is 0 Å². The minimum Gasteiger partial charge on any atom is -0.482 e. The average molecular weight is 433 g/mol. The monoisotopic (exact) mass is 432 g/mol. The second-order valence-corrected chi connectivity index (χ2v) is 10.0. The van der Waals surface area contributed by atoms with Crippen molar-refractivity contribution in [3.63, 3.8) is 0 Å². The van der Waals surface area contributed by atoms with Gasteiger partial charge in [0, 0.05) is 25.1 Å². The van der Waals surface area contributed by atoms with E-state index < -0.39 is 10.0 Å². The molecular formula is C20H24N4O5S. The molecule has 3 aliphatic rings. The number of anilines is 1. The quantitative estimate of drug-likeness (QED) is 0.714. The average Bonchev–Trinajstić information content (AvgIpc) is 3.49. The predicted molar refractivity (Wildman–Crippen MR) is 107 cm³/mol. The van der Waals surface area contributed by atoms with E-state index in [1.807, 2.05) is 0 Å². The van der Waals surface area contributed by atoms with Gasteiger partial charge in [-0.05, 0) is 44.2 Å². The van der Waals surface area contributed by atoms with Crippen molar-refractivity contribution >= 4 is 21.6 Å². The molecule has 9 nitrogen and oxygen atoms in total. The molecule has 2 aromatic rings. The topological polar surface area (TPSA) is 106 Å². The Labute approximate surface area is 175 Å². The van der Waals surface area contributed by atoms with Gasteiger partial charge in [-0.25, -0.2) is 8.42 Å². The first-order valence-corrected chi connectivity index (χ1v) is 11.8. The molecule has 0 radical (unpaired) electrons. The van der Waals surface area contributed by atoms with Gasteiger partial charge in [0.2, 0.25) is 15.9 Å². The summed E-state index contributed by atoms with van der Waals surface area (Å²) in [5.41, 5.74) is 1.11. The highest BCUT2D eigenvalue weighted by Gasteiger charge is 2.34. The third-order valence-corrected chi connectivity index (χ3v) is 7.88. The molecule has 0 atom stereocenters. The summed E-state index contributed by atoms with van der Waals surface area (Å²) in [5, 5.41) is 4.00. The van der Waals surface area contributed by atoms with Gasteiger partial charge in [0.05, 0.1) is 17.1 Å². The number of carbonyl (C=O) groups is 1.